The Morgan fingerprint density at radius 2 is 2.31 bits per heavy atom. The average Bonchev–Trinajstić information content (AvgIpc) is 2.07. The molecular formula is C8H11NO4. The van der Waals surface area contributed by atoms with Crippen molar-refractivity contribution in [3.8, 4) is 0 Å². The van der Waals surface area contributed by atoms with E-state index in [1.165, 1.54) is 0 Å². The van der Waals surface area contributed by atoms with Crippen molar-refractivity contribution in [1.29, 1.82) is 0 Å². The summed E-state index contributed by atoms with van der Waals surface area (Å²) in [5.41, 5.74) is 0.296. The van der Waals surface area contributed by atoms with Gasteiger partial charge in [-0.25, -0.2) is 4.79 Å². The Hall–Kier alpha value is -1.52. The Kier molecular flexibility index (Phi) is 2.89. The van der Waals surface area contributed by atoms with Crippen molar-refractivity contribution in [3.05, 3.63) is 11.8 Å². The van der Waals surface area contributed by atoms with Crippen molar-refractivity contribution >= 4 is 11.9 Å². The molecule has 0 radical (unpaired) electrons. The first-order chi connectivity index (χ1) is 6.13. The highest BCUT2D eigenvalue weighted by Crippen LogP contribution is 2.19. The van der Waals surface area contributed by atoms with Crippen LogP contribution in [0.4, 0.5) is 4.79 Å². The van der Waals surface area contributed by atoms with Crippen LogP contribution in [-0.4, -0.2) is 28.1 Å². The molecule has 0 heterocycles. The van der Waals surface area contributed by atoms with Crippen LogP contribution in [0.25, 0.3) is 0 Å². The Labute approximate surface area is 75.1 Å². The molecule has 0 saturated heterocycles. The highest BCUT2D eigenvalue weighted by Gasteiger charge is 2.24. The molecular weight excluding hydrogens is 174 g/mol. The fourth-order valence-electron chi connectivity index (χ4n) is 1.37. The summed E-state index contributed by atoms with van der Waals surface area (Å²) in [4.78, 5) is 21.3. The van der Waals surface area contributed by atoms with Crippen LogP contribution in [0.15, 0.2) is 11.8 Å². The van der Waals surface area contributed by atoms with E-state index in [9.17, 15) is 9.59 Å². The topological polar surface area (TPSA) is 86.6 Å². The number of nitrogens with one attached hydrogen (secondary N) is 1. The predicted molar refractivity (Wildman–Crippen MR) is 44.5 cm³/mol. The predicted octanol–water partition coefficient (Wildman–Crippen LogP) is 0.817. The fraction of sp³-hybridized carbons (Fsp3) is 0.500. The molecule has 0 aromatic heterocycles. The zero-order valence-corrected chi connectivity index (χ0v) is 6.99. The molecule has 0 spiro atoms. The van der Waals surface area contributed by atoms with E-state index in [0.29, 0.717) is 12.0 Å². The van der Waals surface area contributed by atoms with Gasteiger partial charge >= 0.3 is 6.09 Å². The summed E-state index contributed by atoms with van der Waals surface area (Å²) >= 11 is 0. The third kappa shape index (κ3) is 2.47. The Balaban J connectivity index is 2.55. The van der Waals surface area contributed by atoms with E-state index < -0.39 is 6.09 Å². The Bertz CT molecular complexity index is 259. The number of rotatable bonds is 1. The second-order valence-electron chi connectivity index (χ2n) is 2.97. The quantitative estimate of drug-likeness (QED) is 0.417. The number of aliphatic hydroxyl groups excluding tert-OH is 1. The van der Waals surface area contributed by atoms with E-state index in [2.05, 4.69) is 5.32 Å². The van der Waals surface area contributed by atoms with Gasteiger partial charge < -0.3 is 15.5 Å². The van der Waals surface area contributed by atoms with Gasteiger partial charge in [0.15, 0.2) is 5.78 Å². The number of Topliss-reactive ketones (excluding diaryl/α,β-unsaturated/α-hetero) is 1. The molecule has 0 bridgehead atoms. The zero-order valence-electron chi connectivity index (χ0n) is 6.99. The van der Waals surface area contributed by atoms with Gasteiger partial charge in [0.25, 0.3) is 0 Å². The summed E-state index contributed by atoms with van der Waals surface area (Å²) in [6.45, 7) is 0. The minimum atomic E-state index is -1.10. The van der Waals surface area contributed by atoms with Gasteiger partial charge in [-0.1, -0.05) is 0 Å². The molecule has 13 heavy (non-hydrogen) atoms. The zero-order chi connectivity index (χ0) is 9.84. The Morgan fingerprint density at radius 1 is 1.62 bits per heavy atom. The summed E-state index contributed by atoms with van der Waals surface area (Å²) in [6, 6.07) is -0.256. The average molecular weight is 185 g/mol. The maximum absolute atomic E-state index is 11.1. The van der Waals surface area contributed by atoms with E-state index in [-0.39, 0.29) is 24.7 Å². The lowest BCUT2D eigenvalue weighted by Crippen LogP contribution is -2.37. The first-order valence-corrected chi connectivity index (χ1v) is 3.99. The molecule has 5 nitrogen and oxygen atoms in total. The minimum absolute atomic E-state index is 0.106. The number of carbonyl (C=O) groups excluding carboxylic acids is 1. The third-order valence-corrected chi connectivity index (χ3v) is 2.03. The van der Waals surface area contributed by atoms with Crippen LogP contribution in [0.2, 0.25) is 0 Å². The number of hydrogen-bond donors (Lipinski definition) is 3. The number of carbonyl (C=O) groups is 2. The monoisotopic (exact) mass is 185 g/mol. The van der Waals surface area contributed by atoms with E-state index in [0.717, 1.165) is 6.26 Å². The third-order valence-electron chi connectivity index (χ3n) is 2.03. The number of aliphatic hydroxyl groups is 1. The lowest BCUT2D eigenvalue weighted by atomic mass is 9.90. The van der Waals surface area contributed by atoms with Crippen LogP contribution in [0.1, 0.15) is 19.3 Å². The van der Waals surface area contributed by atoms with Gasteiger partial charge in [0.05, 0.1) is 6.26 Å². The van der Waals surface area contributed by atoms with Gasteiger partial charge in [-0.3, -0.25) is 4.79 Å². The lowest BCUT2D eigenvalue weighted by molar-refractivity contribution is -0.116. The molecule has 72 valence electrons. The van der Waals surface area contributed by atoms with Crippen LogP contribution >= 0.6 is 0 Å². The minimum Gasteiger partial charge on any atom is -0.515 e. The molecule has 1 saturated carbocycles. The highest BCUT2D eigenvalue weighted by atomic mass is 16.4. The maximum atomic E-state index is 11.1. The van der Waals surface area contributed by atoms with Crippen LogP contribution in [0.3, 0.4) is 0 Å². The second-order valence-corrected chi connectivity index (χ2v) is 2.97. The number of ketones is 1. The number of amides is 1. The van der Waals surface area contributed by atoms with Gasteiger partial charge in [0.2, 0.25) is 0 Å². The highest BCUT2D eigenvalue weighted by molar-refractivity contribution is 5.96. The first kappa shape index (κ1) is 9.57. The summed E-state index contributed by atoms with van der Waals surface area (Å²) in [5, 5.41) is 19.3. The van der Waals surface area contributed by atoms with Crippen molar-refractivity contribution in [2.75, 3.05) is 0 Å². The molecule has 1 aliphatic rings. The van der Waals surface area contributed by atoms with Gasteiger partial charge in [-0.05, 0) is 12.8 Å². The largest absolute Gasteiger partial charge is 0.515 e. The van der Waals surface area contributed by atoms with Crippen LogP contribution in [0.5, 0.6) is 0 Å². The molecule has 1 unspecified atom stereocenters. The van der Waals surface area contributed by atoms with E-state index in [1.807, 2.05) is 0 Å². The molecule has 1 atom stereocenters. The van der Waals surface area contributed by atoms with Crippen molar-refractivity contribution in [1.82, 2.24) is 5.32 Å². The Morgan fingerprint density at radius 3 is 2.85 bits per heavy atom. The molecule has 0 aromatic carbocycles. The van der Waals surface area contributed by atoms with E-state index in [1.54, 1.807) is 0 Å². The summed E-state index contributed by atoms with van der Waals surface area (Å²) in [5.74, 6) is -0.106. The fourth-order valence-corrected chi connectivity index (χ4v) is 1.37. The molecule has 1 rings (SSSR count). The van der Waals surface area contributed by atoms with Crippen LogP contribution in [-0.2, 0) is 4.79 Å². The summed E-state index contributed by atoms with van der Waals surface area (Å²) in [6.07, 6.45) is 0.732. The SMILES string of the molecule is O=C(O)NC1CCC(=O)C(=CO)C1. The standard InChI is InChI=1S/C8H11NO4/c10-4-5-3-6(9-8(12)13)1-2-7(5)11/h4,6,9-10H,1-3H2,(H,12,13). The molecule has 1 amide bonds. The van der Waals surface area contributed by atoms with Crippen molar-refractivity contribution in [2.24, 2.45) is 0 Å². The van der Waals surface area contributed by atoms with Crippen LogP contribution in [0, 0.1) is 0 Å². The van der Waals surface area contributed by atoms with Gasteiger partial charge in [-0.2, -0.15) is 0 Å². The molecule has 1 aliphatic carbocycles. The summed E-state index contributed by atoms with van der Waals surface area (Å²) < 4.78 is 0. The van der Waals surface area contributed by atoms with E-state index in [4.69, 9.17) is 10.2 Å². The molecule has 5 heteroatoms. The van der Waals surface area contributed by atoms with Crippen molar-refractivity contribution in [3.63, 3.8) is 0 Å². The normalized spacial score (nSPS) is 26.0. The maximum Gasteiger partial charge on any atom is 0.404 e. The van der Waals surface area contributed by atoms with Crippen LogP contribution < -0.4 is 5.32 Å². The lowest BCUT2D eigenvalue weighted by Gasteiger charge is -2.22. The van der Waals surface area contributed by atoms with Crippen molar-refractivity contribution in [2.45, 2.75) is 25.3 Å². The first-order valence-electron chi connectivity index (χ1n) is 3.99. The smallest absolute Gasteiger partial charge is 0.404 e. The second kappa shape index (κ2) is 3.93. The van der Waals surface area contributed by atoms with Crippen molar-refractivity contribution < 1.29 is 19.8 Å². The van der Waals surface area contributed by atoms with Gasteiger partial charge in [0.1, 0.15) is 0 Å². The van der Waals surface area contributed by atoms with Gasteiger partial charge in [0, 0.05) is 18.0 Å². The number of carboxylic acid groups (broad SMARTS) is 1. The molecule has 3 N–H and O–H groups in total. The molecule has 0 aliphatic heterocycles. The summed E-state index contributed by atoms with van der Waals surface area (Å²) in [7, 11) is 0. The number of hydrogen-bond acceptors (Lipinski definition) is 3. The van der Waals surface area contributed by atoms with E-state index >= 15 is 0 Å². The van der Waals surface area contributed by atoms with Gasteiger partial charge in [-0.15, -0.1) is 0 Å². The molecule has 0 aromatic rings. The molecule has 1 fully saturated rings.